The van der Waals surface area contributed by atoms with Crippen LogP contribution in [0.1, 0.15) is 11.3 Å². The molecule has 1 aromatic heterocycles. The van der Waals surface area contributed by atoms with Gasteiger partial charge in [0.05, 0.1) is 14.2 Å². The first-order valence-corrected chi connectivity index (χ1v) is 8.43. The average molecular weight is 422 g/mol. The highest BCUT2D eigenvalue weighted by Crippen LogP contribution is 2.37. The Bertz CT molecular complexity index is 1050. The van der Waals surface area contributed by atoms with Crippen molar-refractivity contribution in [2.24, 2.45) is 0 Å². The van der Waals surface area contributed by atoms with E-state index in [-0.39, 0.29) is 27.7 Å². The molecule has 0 radical (unpaired) electrons. The van der Waals surface area contributed by atoms with Crippen LogP contribution in [0.15, 0.2) is 17.9 Å². The summed E-state index contributed by atoms with van der Waals surface area (Å²) in [6.07, 6.45) is 2.73. The minimum absolute atomic E-state index is 0.0207. The summed E-state index contributed by atoms with van der Waals surface area (Å²) in [4.78, 5) is 22.1. The van der Waals surface area contributed by atoms with Gasteiger partial charge in [-0.1, -0.05) is 0 Å². The lowest BCUT2D eigenvalue weighted by Crippen LogP contribution is -2.12. The van der Waals surface area contributed by atoms with E-state index in [9.17, 15) is 19.8 Å². The van der Waals surface area contributed by atoms with Gasteiger partial charge in [0.15, 0.2) is 16.3 Å². The Morgan fingerprint density at radius 1 is 1.03 bits per heavy atom. The van der Waals surface area contributed by atoms with Crippen molar-refractivity contribution in [3.8, 4) is 23.1 Å². The number of carboxylic acid groups (broad SMARTS) is 2. The van der Waals surface area contributed by atoms with Crippen molar-refractivity contribution in [3.63, 3.8) is 0 Å². The Labute approximate surface area is 169 Å². The van der Waals surface area contributed by atoms with E-state index in [4.69, 9.17) is 31.9 Å². The second-order valence-electron chi connectivity index (χ2n) is 5.68. The summed E-state index contributed by atoms with van der Waals surface area (Å²) in [7, 11) is 2.75. The second-order valence-corrected chi connectivity index (χ2v) is 6.05. The zero-order valence-corrected chi connectivity index (χ0v) is 16.3. The molecule has 0 aliphatic heterocycles. The van der Waals surface area contributed by atoms with E-state index in [1.54, 1.807) is 0 Å². The van der Waals surface area contributed by atoms with E-state index >= 15 is 0 Å². The molecule has 0 saturated carbocycles. The topological polar surface area (TPSA) is 143 Å². The lowest BCUT2D eigenvalue weighted by atomic mass is 10.1. The fourth-order valence-electron chi connectivity index (χ4n) is 2.52. The normalized spacial score (nSPS) is 10.1. The number of rotatable bonds is 8. The third-order valence-corrected chi connectivity index (χ3v) is 4.24. The number of methoxy groups -OCH3 is 2. The highest BCUT2D eigenvalue weighted by molar-refractivity contribution is 7.71. The van der Waals surface area contributed by atoms with Crippen molar-refractivity contribution in [2.75, 3.05) is 14.2 Å². The van der Waals surface area contributed by atoms with E-state index in [0.717, 1.165) is 9.13 Å². The molecule has 10 nitrogen and oxygen atoms in total. The van der Waals surface area contributed by atoms with Gasteiger partial charge in [0.1, 0.15) is 18.8 Å². The van der Waals surface area contributed by atoms with Gasteiger partial charge < -0.3 is 34.5 Å². The molecule has 0 amide bonds. The van der Waals surface area contributed by atoms with Crippen molar-refractivity contribution in [1.82, 2.24) is 9.13 Å². The minimum atomic E-state index is -1.25. The minimum Gasteiger partial charge on any atom is -0.502 e. The summed E-state index contributed by atoms with van der Waals surface area (Å²) in [6.45, 7) is -1.21. The highest BCUT2D eigenvalue weighted by Gasteiger charge is 2.18. The van der Waals surface area contributed by atoms with Crippen molar-refractivity contribution >= 4 is 36.3 Å². The van der Waals surface area contributed by atoms with Crippen molar-refractivity contribution in [1.29, 1.82) is 0 Å². The summed E-state index contributed by atoms with van der Waals surface area (Å²) >= 11 is 5.08. The lowest BCUT2D eigenvalue weighted by molar-refractivity contribution is -0.138. The van der Waals surface area contributed by atoms with Gasteiger partial charge in [-0.3, -0.25) is 14.2 Å². The molecular formula is C18H18N2O8S. The summed E-state index contributed by atoms with van der Waals surface area (Å²) < 4.78 is 11.9. The Morgan fingerprint density at radius 2 is 1.55 bits per heavy atom. The van der Waals surface area contributed by atoms with Crippen LogP contribution in [0.5, 0.6) is 23.1 Å². The molecule has 2 aromatic rings. The number of imidazole rings is 1. The van der Waals surface area contributed by atoms with Crippen molar-refractivity contribution < 1.29 is 39.5 Å². The molecule has 0 bridgehead atoms. The van der Waals surface area contributed by atoms with E-state index < -0.39 is 30.9 Å². The number of hydrogen-bond donors (Lipinski definition) is 4. The maximum Gasteiger partial charge on any atom is 0.323 e. The number of ether oxygens (including phenoxy) is 2. The Morgan fingerprint density at radius 3 is 2.03 bits per heavy atom. The van der Waals surface area contributed by atoms with Crippen LogP contribution in [0.4, 0.5) is 0 Å². The summed E-state index contributed by atoms with van der Waals surface area (Å²) in [5.41, 5.74) is 3.27. The standard InChI is InChI=1S/C18H18N2O8S/c1-27-12-6-10(7-13(28-2)16(12)25)4-3-5-11-17(26)20(9-15(23)24)18(29)19(11)8-14(21)22/h4-7,25-26H,8-9H2,1-2H3,(H,21,22)(H,23,24). The molecule has 0 aliphatic rings. The third kappa shape index (κ3) is 4.78. The first kappa shape index (κ1) is 21.6. The van der Waals surface area contributed by atoms with Crippen LogP contribution < -0.4 is 9.47 Å². The lowest BCUT2D eigenvalue weighted by Gasteiger charge is -2.08. The molecule has 29 heavy (non-hydrogen) atoms. The maximum absolute atomic E-state index is 11.1. The molecule has 0 fully saturated rings. The van der Waals surface area contributed by atoms with Gasteiger partial charge in [-0.2, -0.15) is 0 Å². The van der Waals surface area contributed by atoms with E-state index in [2.05, 4.69) is 5.73 Å². The number of benzene rings is 1. The number of carboxylic acids is 2. The average Bonchev–Trinajstić information content (AvgIpc) is 2.86. The number of phenolic OH excluding ortho intramolecular Hbond substituents is 1. The number of nitrogens with zero attached hydrogens (tertiary/aromatic N) is 2. The SMILES string of the molecule is COc1cc(C=C=Cc2c(O)n(CC(=O)O)c(=S)n2CC(=O)O)cc(OC)c1O. The molecule has 11 heteroatoms. The van der Waals surface area contributed by atoms with Crippen LogP contribution in [0, 0.1) is 4.77 Å². The van der Waals surface area contributed by atoms with Gasteiger partial charge in [-0.15, -0.1) is 5.73 Å². The highest BCUT2D eigenvalue weighted by atomic mass is 32.1. The largest absolute Gasteiger partial charge is 0.502 e. The van der Waals surface area contributed by atoms with Crippen LogP contribution in [0.2, 0.25) is 0 Å². The second kappa shape index (κ2) is 9.00. The van der Waals surface area contributed by atoms with Crippen LogP contribution >= 0.6 is 12.2 Å². The number of aromatic nitrogens is 2. The van der Waals surface area contributed by atoms with E-state index in [1.807, 2.05) is 0 Å². The fraction of sp³-hybridized carbons (Fsp3) is 0.222. The van der Waals surface area contributed by atoms with E-state index in [1.165, 1.54) is 38.5 Å². The molecule has 2 rings (SSSR count). The number of hydrogen-bond acceptors (Lipinski definition) is 7. The summed E-state index contributed by atoms with van der Waals surface area (Å²) in [5, 5.41) is 38.3. The van der Waals surface area contributed by atoms with Crippen molar-refractivity contribution in [3.05, 3.63) is 33.9 Å². The quantitative estimate of drug-likeness (QED) is 0.371. The van der Waals surface area contributed by atoms with Gasteiger partial charge in [0, 0.05) is 6.08 Å². The molecule has 154 valence electrons. The molecule has 1 aromatic carbocycles. The summed E-state index contributed by atoms with van der Waals surface area (Å²) in [6, 6.07) is 3.02. The van der Waals surface area contributed by atoms with Crippen LogP contribution in [-0.2, 0) is 22.7 Å². The van der Waals surface area contributed by atoms with Gasteiger partial charge in [0.25, 0.3) is 0 Å². The first-order chi connectivity index (χ1) is 13.7. The molecule has 0 spiro atoms. The molecule has 0 saturated heterocycles. The Kier molecular flexibility index (Phi) is 6.71. The molecule has 0 atom stereocenters. The maximum atomic E-state index is 11.1. The zero-order valence-electron chi connectivity index (χ0n) is 15.4. The number of aromatic hydroxyl groups is 2. The van der Waals surface area contributed by atoms with E-state index in [0.29, 0.717) is 5.56 Å². The first-order valence-electron chi connectivity index (χ1n) is 8.02. The molecule has 0 unspecified atom stereocenters. The molecule has 0 aliphatic carbocycles. The predicted octanol–water partition coefficient (Wildman–Crippen LogP) is 1.94. The summed E-state index contributed by atoms with van der Waals surface area (Å²) in [5.74, 6) is -2.81. The number of carbonyl (C=O) groups is 2. The third-order valence-electron chi connectivity index (χ3n) is 3.80. The van der Waals surface area contributed by atoms with Gasteiger partial charge >= 0.3 is 11.9 Å². The van der Waals surface area contributed by atoms with Crippen molar-refractivity contribution in [2.45, 2.75) is 13.1 Å². The number of aliphatic carboxylic acids is 2. The van der Waals surface area contributed by atoms with Crippen LogP contribution in [0.3, 0.4) is 0 Å². The number of phenols is 1. The fourth-order valence-corrected chi connectivity index (χ4v) is 2.83. The molecule has 4 N–H and O–H groups in total. The molecular weight excluding hydrogens is 404 g/mol. The van der Waals surface area contributed by atoms with Crippen LogP contribution in [0.25, 0.3) is 12.2 Å². The molecule has 1 heterocycles. The predicted molar refractivity (Wildman–Crippen MR) is 104 cm³/mol. The Hall–Kier alpha value is -3.69. The van der Waals surface area contributed by atoms with Gasteiger partial charge in [-0.05, 0) is 36.0 Å². The smallest absolute Gasteiger partial charge is 0.323 e. The van der Waals surface area contributed by atoms with Gasteiger partial charge in [0.2, 0.25) is 11.6 Å². The monoisotopic (exact) mass is 422 g/mol. The van der Waals surface area contributed by atoms with Gasteiger partial charge in [-0.25, -0.2) is 0 Å². The zero-order chi connectivity index (χ0) is 21.7. The van der Waals surface area contributed by atoms with Crippen LogP contribution in [-0.4, -0.2) is 55.7 Å². The Balaban J connectivity index is 2.55.